The molecule has 2 aromatic rings. The first kappa shape index (κ1) is 24.2. The normalized spacial score (nSPS) is 18.9. The minimum atomic E-state index is 0.00221. The Kier molecular flexibility index (Phi) is 6.66. The van der Waals surface area contributed by atoms with Gasteiger partial charge in [0.05, 0.1) is 36.3 Å². The maximum atomic E-state index is 13.3. The van der Waals surface area contributed by atoms with Crippen LogP contribution in [0.3, 0.4) is 0 Å². The van der Waals surface area contributed by atoms with Gasteiger partial charge in [-0.2, -0.15) is 5.10 Å². The molecule has 1 aromatic heterocycles. The third kappa shape index (κ3) is 4.55. The Hall–Kier alpha value is -3.46. The molecule has 0 atom stereocenters. The van der Waals surface area contributed by atoms with Gasteiger partial charge in [-0.25, -0.2) is 0 Å². The molecule has 0 radical (unpaired) electrons. The van der Waals surface area contributed by atoms with E-state index in [9.17, 15) is 15.0 Å². The lowest BCUT2D eigenvalue weighted by molar-refractivity contribution is -0.128. The van der Waals surface area contributed by atoms with Crippen LogP contribution in [0.1, 0.15) is 48.6 Å². The number of rotatable bonds is 5. The highest BCUT2D eigenvalue weighted by Gasteiger charge is 2.31. The maximum Gasteiger partial charge on any atom is 0.231 e. The highest BCUT2D eigenvalue weighted by atomic mass is 16.5. The number of benzene rings is 1. The first-order valence-electron chi connectivity index (χ1n) is 12.6. The van der Waals surface area contributed by atoms with E-state index >= 15 is 0 Å². The third-order valence-corrected chi connectivity index (χ3v) is 7.69. The second-order valence-corrected chi connectivity index (χ2v) is 9.89. The van der Waals surface area contributed by atoms with Crippen LogP contribution in [-0.4, -0.2) is 64.6 Å². The van der Waals surface area contributed by atoms with Crippen molar-refractivity contribution in [3.8, 4) is 0 Å². The van der Waals surface area contributed by atoms with Crippen molar-refractivity contribution >= 4 is 23.2 Å². The molecule has 36 heavy (non-hydrogen) atoms. The second kappa shape index (κ2) is 9.89. The molecule has 2 N–H and O–H groups in total. The molecule has 2 amide bonds. The highest BCUT2D eigenvalue weighted by Crippen LogP contribution is 2.31. The Labute approximate surface area is 211 Å². The second-order valence-electron chi connectivity index (χ2n) is 9.89. The number of aromatic nitrogens is 2. The van der Waals surface area contributed by atoms with Gasteiger partial charge in [0, 0.05) is 69.6 Å². The molecule has 9 nitrogen and oxygen atoms in total. The Morgan fingerprint density at radius 3 is 2.69 bits per heavy atom. The summed E-state index contributed by atoms with van der Waals surface area (Å²) in [6.07, 6.45) is 4.52. The first-order valence-corrected chi connectivity index (χ1v) is 12.6. The average molecular weight is 491 g/mol. The van der Waals surface area contributed by atoms with Crippen LogP contribution in [-0.2, 0) is 34.3 Å². The van der Waals surface area contributed by atoms with Gasteiger partial charge in [-0.05, 0) is 30.9 Å². The molecule has 0 spiro atoms. The number of ether oxygens (including phenoxy) is 1. The Balaban J connectivity index is 1.48. The van der Waals surface area contributed by atoms with Gasteiger partial charge in [0.25, 0.3) is 0 Å². The standard InChI is InChI=1S/C27H34N6O3/c1-17-25(14-29-31(17)3)33-15-19-5-4-6-21(22(19)13-26(33)35)27(28)23-16-32(18(2)34)10-7-24(23)30-20-8-11-36-12-9-20/h4-6,14,20,28,30H,7-13,15-16H2,1-3H3. The van der Waals surface area contributed by atoms with Gasteiger partial charge in [-0.3, -0.25) is 19.7 Å². The predicted octanol–water partition coefficient (Wildman–Crippen LogP) is 2.46. The largest absolute Gasteiger partial charge is 0.385 e. The predicted molar refractivity (Wildman–Crippen MR) is 137 cm³/mol. The minimum Gasteiger partial charge on any atom is -0.385 e. The summed E-state index contributed by atoms with van der Waals surface area (Å²) < 4.78 is 7.28. The van der Waals surface area contributed by atoms with Crippen LogP contribution < -0.4 is 10.2 Å². The molecule has 1 aromatic carbocycles. The minimum absolute atomic E-state index is 0.00221. The maximum absolute atomic E-state index is 13.3. The monoisotopic (exact) mass is 490 g/mol. The van der Waals surface area contributed by atoms with Gasteiger partial charge in [0.2, 0.25) is 11.8 Å². The molecule has 3 aliphatic rings. The molecular formula is C27H34N6O3. The van der Waals surface area contributed by atoms with E-state index in [1.807, 2.05) is 32.2 Å². The molecule has 0 bridgehead atoms. The smallest absolute Gasteiger partial charge is 0.231 e. The van der Waals surface area contributed by atoms with Crippen molar-refractivity contribution in [3.05, 3.63) is 58.1 Å². The van der Waals surface area contributed by atoms with Crippen molar-refractivity contribution in [2.75, 3.05) is 31.2 Å². The topological polar surface area (TPSA) is 104 Å². The third-order valence-electron chi connectivity index (χ3n) is 7.69. The van der Waals surface area contributed by atoms with Crippen LogP contribution in [0.4, 0.5) is 5.69 Å². The van der Waals surface area contributed by atoms with Crippen LogP contribution in [0.5, 0.6) is 0 Å². The summed E-state index contributed by atoms with van der Waals surface area (Å²) in [5, 5.41) is 17.2. The molecule has 190 valence electrons. The lowest BCUT2D eigenvalue weighted by Gasteiger charge is -2.35. The van der Waals surface area contributed by atoms with E-state index in [0.29, 0.717) is 37.8 Å². The molecule has 4 heterocycles. The van der Waals surface area contributed by atoms with E-state index < -0.39 is 0 Å². The number of hydrogen-bond donors (Lipinski definition) is 2. The summed E-state index contributed by atoms with van der Waals surface area (Å²) in [6.45, 7) is 6.50. The Morgan fingerprint density at radius 2 is 2.00 bits per heavy atom. The van der Waals surface area contributed by atoms with Crippen LogP contribution >= 0.6 is 0 Å². The average Bonchev–Trinajstić information content (AvgIpc) is 3.21. The van der Waals surface area contributed by atoms with Gasteiger partial charge in [0.1, 0.15) is 0 Å². The van der Waals surface area contributed by atoms with E-state index in [0.717, 1.165) is 65.4 Å². The summed E-state index contributed by atoms with van der Waals surface area (Å²) in [5.74, 6) is 0.0144. The van der Waals surface area contributed by atoms with E-state index in [4.69, 9.17) is 4.74 Å². The van der Waals surface area contributed by atoms with Crippen molar-refractivity contribution < 1.29 is 14.3 Å². The summed E-state index contributed by atoms with van der Waals surface area (Å²) in [4.78, 5) is 29.1. The Bertz CT molecular complexity index is 1240. The molecule has 0 aliphatic carbocycles. The first-order chi connectivity index (χ1) is 17.3. The summed E-state index contributed by atoms with van der Waals surface area (Å²) in [5.41, 5.74) is 6.76. The fourth-order valence-corrected chi connectivity index (χ4v) is 5.37. The molecule has 0 unspecified atom stereocenters. The van der Waals surface area contributed by atoms with Crippen molar-refractivity contribution in [2.45, 2.75) is 52.1 Å². The van der Waals surface area contributed by atoms with E-state index in [2.05, 4.69) is 10.4 Å². The van der Waals surface area contributed by atoms with Crippen LogP contribution in [0.15, 0.2) is 35.7 Å². The summed E-state index contributed by atoms with van der Waals surface area (Å²) in [6, 6.07) is 6.24. The zero-order valence-electron chi connectivity index (χ0n) is 21.3. The number of amides is 2. The highest BCUT2D eigenvalue weighted by molar-refractivity contribution is 6.13. The fraction of sp³-hybridized carbons (Fsp3) is 0.481. The van der Waals surface area contributed by atoms with E-state index in [1.165, 1.54) is 0 Å². The van der Waals surface area contributed by atoms with Gasteiger partial charge >= 0.3 is 0 Å². The number of nitrogens with zero attached hydrogens (tertiary/aromatic N) is 4. The fourth-order valence-electron chi connectivity index (χ4n) is 5.37. The SMILES string of the molecule is CC(=O)N1CCC(NC2CCOCC2)=C(C(=N)c2cccc3c2CC(=O)N(c2cnn(C)c2C)C3)C1. The van der Waals surface area contributed by atoms with E-state index in [-0.39, 0.29) is 18.2 Å². The van der Waals surface area contributed by atoms with Crippen molar-refractivity contribution in [2.24, 2.45) is 7.05 Å². The van der Waals surface area contributed by atoms with Gasteiger partial charge < -0.3 is 19.9 Å². The van der Waals surface area contributed by atoms with Crippen molar-refractivity contribution in [3.63, 3.8) is 0 Å². The molecule has 3 aliphatic heterocycles. The van der Waals surface area contributed by atoms with Crippen LogP contribution in [0.25, 0.3) is 0 Å². The molecule has 5 rings (SSSR count). The molecule has 9 heteroatoms. The van der Waals surface area contributed by atoms with Crippen molar-refractivity contribution in [1.82, 2.24) is 20.0 Å². The molecular weight excluding hydrogens is 456 g/mol. The Morgan fingerprint density at radius 1 is 1.22 bits per heavy atom. The number of aryl methyl sites for hydroxylation is 1. The number of carbonyl (C=O) groups excluding carboxylic acids is 2. The van der Waals surface area contributed by atoms with Gasteiger partial charge in [-0.1, -0.05) is 18.2 Å². The number of anilines is 1. The van der Waals surface area contributed by atoms with Gasteiger partial charge in [-0.15, -0.1) is 0 Å². The number of carbonyl (C=O) groups is 2. The number of hydrogen-bond acceptors (Lipinski definition) is 6. The number of nitrogens with one attached hydrogen (secondary N) is 2. The summed E-state index contributed by atoms with van der Waals surface area (Å²) >= 11 is 0. The zero-order valence-corrected chi connectivity index (χ0v) is 21.3. The molecule has 1 fully saturated rings. The lowest BCUT2D eigenvalue weighted by Crippen LogP contribution is -2.43. The molecule has 1 saturated heterocycles. The van der Waals surface area contributed by atoms with Crippen LogP contribution in [0.2, 0.25) is 0 Å². The van der Waals surface area contributed by atoms with Crippen molar-refractivity contribution in [1.29, 1.82) is 5.41 Å². The molecule has 0 saturated carbocycles. The van der Waals surface area contributed by atoms with Crippen LogP contribution in [0, 0.1) is 12.3 Å². The summed E-state index contributed by atoms with van der Waals surface area (Å²) in [7, 11) is 1.87. The number of fused-ring (bicyclic) bond motifs is 1. The lowest BCUT2D eigenvalue weighted by atomic mass is 9.87. The van der Waals surface area contributed by atoms with Gasteiger partial charge in [0.15, 0.2) is 0 Å². The quantitative estimate of drug-likeness (QED) is 0.627. The zero-order chi connectivity index (χ0) is 25.4. The van der Waals surface area contributed by atoms with E-state index in [1.54, 1.807) is 27.6 Å².